The highest BCUT2D eigenvalue weighted by molar-refractivity contribution is 5.92. The minimum Gasteiger partial charge on any atom is -0.477 e. The second-order valence-corrected chi connectivity index (χ2v) is 5.21. The van der Waals surface area contributed by atoms with E-state index in [2.05, 4.69) is 0 Å². The van der Waals surface area contributed by atoms with Crippen LogP contribution in [0.5, 0.6) is 0 Å². The van der Waals surface area contributed by atoms with Gasteiger partial charge in [-0.1, -0.05) is 12.1 Å². The molecule has 24 heavy (non-hydrogen) atoms. The summed E-state index contributed by atoms with van der Waals surface area (Å²) in [5.74, 6) is -4.31. The fourth-order valence-electron chi connectivity index (χ4n) is 2.45. The molecule has 122 valence electrons. The second kappa shape index (κ2) is 5.84. The van der Waals surface area contributed by atoms with Crippen LogP contribution >= 0.6 is 0 Å². The number of halogens is 3. The van der Waals surface area contributed by atoms with Gasteiger partial charge in [0.1, 0.15) is 11.4 Å². The average Bonchev–Trinajstić information content (AvgIpc) is 2.53. The average molecular weight is 333 g/mol. The maximum Gasteiger partial charge on any atom is 0.341 e. The van der Waals surface area contributed by atoms with Gasteiger partial charge in [0.05, 0.1) is 5.52 Å². The molecule has 2 aromatic carbocycles. The van der Waals surface area contributed by atoms with Gasteiger partial charge in [-0.05, 0) is 23.8 Å². The van der Waals surface area contributed by atoms with Gasteiger partial charge < -0.3 is 9.67 Å². The van der Waals surface area contributed by atoms with Crippen LogP contribution in [0.3, 0.4) is 0 Å². The van der Waals surface area contributed by atoms with Crippen LogP contribution in [0.2, 0.25) is 0 Å². The lowest BCUT2D eigenvalue weighted by molar-refractivity contribution is 0.0695. The Kier molecular flexibility index (Phi) is 3.84. The number of rotatable bonds is 3. The van der Waals surface area contributed by atoms with E-state index in [4.69, 9.17) is 5.11 Å². The quantitative estimate of drug-likeness (QED) is 0.801. The summed E-state index contributed by atoms with van der Waals surface area (Å²) in [4.78, 5) is 23.4. The molecule has 0 aliphatic heterocycles. The summed E-state index contributed by atoms with van der Waals surface area (Å²) in [6, 6.07) is 6.90. The van der Waals surface area contributed by atoms with E-state index >= 15 is 0 Å². The Morgan fingerprint density at radius 2 is 1.67 bits per heavy atom. The third-order valence-corrected chi connectivity index (χ3v) is 3.62. The first-order valence-corrected chi connectivity index (χ1v) is 6.87. The largest absolute Gasteiger partial charge is 0.477 e. The number of hydrogen-bond donors (Lipinski definition) is 1. The van der Waals surface area contributed by atoms with Gasteiger partial charge in [0.15, 0.2) is 11.6 Å². The summed E-state index contributed by atoms with van der Waals surface area (Å²) in [5, 5.41) is 8.91. The highest BCUT2D eigenvalue weighted by Crippen LogP contribution is 2.18. The fraction of sp³-hybridized carbons (Fsp3) is 0.0588. The molecule has 0 saturated carbocycles. The van der Waals surface area contributed by atoms with Crippen LogP contribution in [0.1, 0.15) is 15.9 Å². The van der Waals surface area contributed by atoms with E-state index < -0.39 is 34.4 Å². The van der Waals surface area contributed by atoms with Gasteiger partial charge in [-0.15, -0.1) is 0 Å². The molecule has 0 spiro atoms. The van der Waals surface area contributed by atoms with Gasteiger partial charge in [0, 0.05) is 24.2 Å². The van der Waals surface area contributed by atoms with Gasteiger partial charge in [0.25, 0.3) is 0 Å². The summed E-state index contributed by atoms with van der Waals surface area (Å²) in [5.41, 5.74) is -0.807. The van der Waals surface area contributed by atoms with E-state index in [1.807, 2.05) is 0 Å². The molecule has 4 nitrogen and oxygen atoms in total. The zero-order valence-corrected chi connectivity index (χ0v) is 12.1. The number of carboxylic acids is 1. The lowest BCUT2D eigenvalue weighted by Crippen LogP contribution is -2.19. The Bertz CT molecular complexity index is 1010. The van der Waals surface area contributed by atoms with E-state index in [0.29, 0.717) is 11.6 Å². The predicted octanol–water partition coefficient (Wildman–Crippen LogP) is 3.17. The van der Waals surface area contributed by atoms with Crippen molar-refractivity contribution in [2.24, 2.45) is 0 Å². The summed E-state index contributed by atoms with van der Waals surface area (Å²) < 4.78 is 41.3. The van der Waals surface area contributed by atoms with Crippen LogP contribution in [0.25, 0.3) is 10.9 Å². The molecule has 0 unspecified atom stereocenters. The molecule has 0 bridgehead atoms. The fourth-order valence-corrected chi connectivity index (χ4v) is 2.45. The maximum atomic E-state index is 13.6. The third-order valence-electron chi connectivity index (χ3n) is 3.62. The van der Waals surface area contributed by atoms with Crippen LogP contribution in [-0.2, 0) is 6.54 Å². The first-order chi connectivity index (χ1) is 11.4. The lowest BCUT2D eigenvalue weighted by atomic mass is 10.1. The molecule has 1 N–H and O–H groups in total. The van der Waals surface area contributed by atoms with Gasteiger partial charge >= 0.3 is 5.97 Å². The first-order valence-electron chi connectivity index (χ1n) is 6.87. The van der Waals surface area contributed by atoms with E-state index in [9.17, 15) is 22.8 Å². The normalized spacial score (nSPS) is 11.0. The molecule has 7 heteroatoms. The SMILES string of the molecule is O=C(O)c1cn(Cc2ccc(F)cc2)c2cc(F)c(F)cc2c1=O. The Labute approximate surface area is 133 Å². The Morgan fingerprint density at radius 1 is 1.04 bits per heavy atom. The van der Waals surface area contributed by atoms with E-state index in [1.54, 1.807) is 0 Å². The number of aromatic nitrogens is 1. The smallest absolute Gasteiger partial charge is 0.341 e. The number of fused-ring (bicyclic) bond motifs is 1. The molecule has 0 aliphatic rings. The lowest BCUT2D eigenvalue weighted by Gasteiger charge is -2.13. The summed E-state index contributed by atoms with van der Waals surface area (Å²) >= 11 is 0. The highest BCUT2D eigenvalue weighted by Gasteiger charge is 2.17. The van der Waals surface area contributed by atoms with Crippen LogP contribution in [0, 0.1) is 17.5 Å². The molecule has 3 aromatic rings. The summed E-state index contributed by atoms with van der Waals surface area (Å²) in [6.45, 7) is 0.0579. The van der Waals surface area contributed by atoms with Gasteiger partial charge in [0.2, 0.25) is 5.43 Å². The zero-order chi connectivity index (χ0) is 17.4. The summed E-state index contributed by atoms with van der Waals surface area (Å²) in [6.07, 6.45) is 1.06. The third kappa shape index (κ3) is 2.76. The minimum atomic E-state index is -1.47. The molecule has 1 heterocycles. The number of benzene rings is 2. The van der Waals surface area contributed by atoms with Crippen molar-refractivity contribution < 1.29 is 23.1 Å². The van der Waals surface area contributed by atoms with Gasteiger partial charge in [-0.25, -0.2) is 18.0 Å². The standard InChI is InChI=1S/C17H10F3NO3/c18-10-3-1-9(2-4-10)7-21-8-12(17(23)24)16(22)11-5-13(19)14(20)6-15(11)21/h1-6,8H,7H2,(H,23,24). The highest BCUT2D eigenvalue weighted by atomic mass is 19.2. The van der Waals surface area contributed by atoms with Crippen molar-refractivity contribution in [2.75, 3.05) is 0 Å². The first kappa shape index (κ1) is 15.8. The molecule has 3 rings (SSSR count). The van der Waals surface area contributed by atoms with Crippen molar-refractivity contribution in [3.63, 3.8) is 0 Å². The summed E-state index contributed by atoms with van der Waals surface area (Å²) in [7, 11) is 0. The number of hydrogen-bond acceptors (Lipinski definition) is 2. The van der Waals surface area contributed by atoms with E-state index in [1.165, 1.54) is 28.8 Å². The molecule has 0 fully saturated rings. The number of carbonyl (C=O) groups is 1. The van der Waals surface area contributed by atoms with E-state index in [0.717, 1.165) is 12.3 Å². The Morgan fingerprint density at radius 3 is 2.29 bits per heavy atom. The van der Waals surface area contributed by atoms with Crippen molar-refractivity contribution in [3.8, 4) is 0 Å². The number of nitrogens with zero attached hydrogens (tertiary/aromatic N) is 1. The zero-order valence-electron chi connectivity index (χ0n) is 12.1. The van der Waals surface area contributed by atoms with Gasteiger partial charge in [-0.3, -0.25) is 4.79 Å². The van der Waals surface area contributed by atoms with Crippen LogP contribution in [-0.4, -0.2) is 15.6 Å². The number of pyridine rings is 1. The van der Waals surface area contributed by atoms with Crippen molar-refractivity contribution in [1.82, 2.24) is 4.57 Å². The van der Waals surface area contributed by atoms with Crippen molar-refractivity contribution in [3.05, 3.63) is 81.4 Å². The van der Waals surface area contributed by atoms with Crippen molar-refractivity contribution >= 4 is 16.9 Å². The number of aromatic carboxylic acids is 1. The molecule has 0 radical (unpaired) electrons. The molecule has 0 aliphatic carbocycles. The Balaban J connectivity index is 2.26. The second-order valence-electron chi connectivity index (χ2n) is 5.21. The van der Waals surface area contributed by atoms with E-state index in [-0.39, 0.29) is 17.4 Å². The minimum absolute atomic E-state index is 0.0493. The molecule has 1 aromatic heterocycles. The molecular formula is C17H10F3NO3. The predicted molar refractivity (Wildman–Crippen MR) is 80.6 cm³/mol. The monoisotopic (exact) mass is 333 g/mol. The van der Waals surface area contributed by atoms with Crippen LogP contribution < -0.4 is 5.43 Å². The van der Waals surface area contributed by atoms with Crippen LogP contribution in [0.4, 0.5) is 13.2 Å². The molecular weight excluding hydrogens is 323 g/mol. The topological polar surface area (TPSA) is 59.3 Å². The molecule has 0 atom stereocenters. The van der Waals surface area contributed by atoms with Crippen molar-refractivity contribution in [1.29, 1.82) is 0 Å². The molecule has 0 amide bonds. The van der Waals surface area contributed by atoms with Crippen LogP contribution in [0.15, 0.2) is 47.4 Å². The maximum absolute atomic E-state index is 13.6. The molecule has 0 saturated heterocycles. The number of carboxylic acid groups (broad SMARTS) is 1. The van der Waals surface area contributed by atoms with Gasteiger partial charge in [-0.2, -0.15) is 0 Å². The van der Waals surface area contributed by atoms with Crippen molar-refractivity contribution in [2.45, 2.75) is 6.54 Å². The Hall–Kier alpha value is -3.09.